The molecule has 0 saturated carbocycles. The molecule has 4 rings (SSSR count). The minimum absolute atomic E-state index is 0.0278. The van der Waals surface area contributed by atoms with Crippen LogP contribution in [0.1, 0.15) is 34.1 Å². The fourth-order valence-corrected chi connectivity index (χ4v) is 5.56. The summed E-state index contributed by atoms with van der Waals surface area (Å²) in [5.74, 6) is 0.267. The molecule has 0 N–H and O–H groups in total. The fourth-order valence-electron chi connectivity index (χ4n) is 3.54. The molecule has 0 radical (unpaired) electrons. The van der Waals surface area contributed by atoms with Gasteiger partial charge in [0.2, 0.25) is 0 Å². The molecular weight excluding hydrogens is 400 g/mol. The van der Waals surface area contributed by atoms with Crippen molar-refractivity contribution in [3.8, 4) is 5.69 Å². The van der Waals surface area contributed by atoms with Crippen molar-refractivity contribution in [2.75, 3.05) is 5.75 Å². The quantitative estimate of drug-likeness (QED) is 0.334. The minimum Gasteiger partial charge on any atom is -0.293 e. The molecule has 0 fully saturated rings. The van der Waals surface area contributed by atoms with Gasteiger partial charge in [0.05, 0.1) is 22.0 Å². The second kappa shape index (κ2) is 8.20. The lowest BCUT2D eigenvalue weighted by Crippen LogP contribution is -2.24. The molecule has 0 bridgehead atoms. The number of carbonyl (C=O) groups is 1. The van der Waals surface area contributed by atoms with Gasteiger partial charge in [0.15, 0.2) is 10.9 Å². The van der Waals surface area contributed by atoms with E-state index in [1.807, 2.05) is 56.3 Å². The molecule has 1 aliphatic rings. The first kappa shape index (κ1) is 20.0. The van der Waals surface area contributed by atoms with Crippen LogP contribution in [0.5, 0.6) is 0 Å². The van der Waals surface area contributed by atoms with E-state index in [-0.39, 0.29) is 17.1 Å². The highest BCUT2D eigenvalue weighted by Gasteiger charge is 2.27. The van der Waals surface area contributed by atoms with Gasteiger partial charge in [-0.15, -0.1) is 11.8 Å². The largest absolute Gasteiger partial charge is 0.293 e. The van der Waals surface area contributed by atoms with Crippen molar-refractivity contribution in [3.63, 3.8) is 0 Å². The van der Waals surface area contributed by atoms with Crippen LogP contribution >= 0.6 is 23.5 Å². The van der Waals surface area contributed by atoms with Crippen LogP contribution in [-0.4, -0.2) is 26.3 Å². The third kappa shape index (κ3) is 4.19. The van der Waals surface area contributed by atoms with Crippen LogP contribution in [0.4, 0.5) is 0 Å². The summed E-state index contributed by atoms with van der Waals surface area (Å²) in [5.41, 5.74) is 4.46. The zero-order chi connectivity index (χ0) is 20.5. The monoisotopic (exact) mass is 422 g/mol. The molecule has 4 nitrogen and oxygen atoms in total. The summed E-state index contributed by atoms with van der Waals surface area (Å²) < 4.78 is 1.67. The first-order chi connectivity index (χ1) is 13.9. The van der Waals surface area contributed by atoms with Crippen molar-refractivity contribution < 1.29 is 4.79 Å². The summed E-state index contributed by atoms with van der Waals surface area (Å²) in [5, 5.41) is 0.918. The summed E-state index contributed by atoms with van der Waals surface area (Å²) in [7, 11) is 0. The summed E-state index contributed by atoms with van der Waals surface area (Å²) in [4.78, 5) is 31.5. The van der Waals surface area contributed by atoms with E-state index in [2.05, 4.69) is 13.0 Å². The van der Waals surface area contributed by atoms with E-state index in [0.29, 0.717) is 16.0 Å². The average molecular weight is 423 g/mol. The number of Topliss-reactive ketones (excluding diaryl/α,β-unsaturated/α-hetero) is 1. The molecule has 2 aromatic carbocycles. The first-order valence-electron chi connectivity index (χ1n) is 9.54. The Morgan fingerprint density at radius 2 is 1.86 bits per heavy atom. The molecule has 6 heteroatoms. The second-order valence-corrected chi connectivity index (χ2v) is 9.76. The number of aryl methyl sites for hydroxylation is 2. The Labute approximate surface area is 178 Å². The Morgan fingerprint density at radius 3 is 2.55 bits per heavy atom. The second-order valence-electron chi connectivity index (χ2n) is 7.37. The smallest absolute Gasteiger partial charge is 0.272 e. The number of thioether (sulfide) groups is 2. The molecule has 29 heavy (non-hydrogen) atoms. The summed E-state index contributed by atoms with van der Waals surface area (Å²) >= 11 is 2.92. The van der Waals surface area contributed by atoms with E-state index in [4.69, 9.17) is 4.98 Å². The van der Waals surface area contributed by atoms with Crippen LogP contribution in [0.15, 0.2) is 63.4 Å². The van der Waals surface area contributed by atoms with E-state index in [1.165, 1.54) is 11.8 Å². The highest BCUT2D eigenvalue weighted by Crippen LogP contribution is 2.35. The van der Waals surface area contributed by atoms with Crippen molar-refractivity contribution in [2.45, 2.75) is 42.5 Å². The lowest BCUT2D eigenvalue weighted by atomic mass is 10.1. The van der Waals surface area contributed by atoms with Gasteiger partial charge in [-0.1, -0.05) is 55.1 Å². The van der Waals surface area contributed by atoms with Gasteiger partial charge >= 0.3 is 0 Å². The van der Waals surface area contributed by atoms with E-state index < -0.39 is 0 Å². The molecule has 0 unspecified atom stereocenters. The number of ketones is 1. The number of hydrogen-bond donors (Lipinski definition) is 0. The third-order valence-electron chi connectivity index (χ3n) is 4.77. The number of nitrogens with zero attached hydrogens (tertiary/aromatic N) is 2. The summed E-state index contributed by atoms with van der Waals surface area (Å²) in [6, 6.07) is 15.3. The molecule has 1 aliphatic heterocycles. The van der Waals surface area contributed by atoms with Gasteiger partial charge in [0.1, 0.15) is 0 Å². The minimum atomic E-state index is -0.0380. The molecule has 0 amide bonds. The molecule has 2 heterocycles. The maximum Gasteiger partial charge on any atom is 0.272 e. The van der Waals surface area contributed by atoms with Gasteiger partial charge in [-0.3, -0.25) is 14.2 Å². The van der Waals surface area contributed by atoms with Crippen LogP contribution in [-0.2, 0) is 6.42 Å². The normalized spacial score (nSPS) is 15.3. The Hall–Kier alpha value is -2.31. The van der Waals surface area contributed by atoms with Gasteiger partial charge < -0.3 is 0 Å². The maximum atomic E-state index is 13.4. The molecule has 1 aromatic heterocycles. The highest BCUT2D eigenvalue weighted by molar-refractivity contribution is 8.00. The van der Waals surface area contributed by atoms with Gasteiger partial charge in [-0.05, 0) is 37.1 Å². The number of aromatic nitrogens is 2. The van der Waals surface area contributed by atoms with Crippen LogP contribution in [0.25, 0.3) is 5.69 Å². The molecular formula is C23H22N2O2S2. The topological polar surface area (TPSA) is 52.0 Å². The molecule has 0 aliphatic carbocycles. The Kier molecular flexibility index (Phi) is 5.65. The summed E-state index contributed by atoms with van der Waals surface area (Å²) in [6.07, 6.45) is 0.781. The third-order valence-corrected chi connectivity index (χ3v) is 6.93. The Balaban J connectivity index is 1.76. The maximum absolute atomic E-state index is 13.4. The number of carbonyl (C=O) groups excluding carboxylic acids is 1. The van der Waals surface area contributed by atoms with Crippen molar-refractivity contribution in [1.29, 1.82) is 0 Å². The Bertz CT molecular complexity index is 1120. The van der Waals surface area contributed by atoms with Gasteiger partial charge in [0, 0.05) is 17.2 Å². The van der Waals surface area contributed by atoms with Crippen molar-refractivity contribution >= 4 is 29.3 Å². The van der Waals surface area contributed by atoms with Gasteiger partial charge in [0.25, 0.3) is 5.56 Å². The van der Waals surface area contributed by atoms with E-state index in [1.54, 1.807) is 16.3 Å². The predicted octanol–water partition coefficient (Wildman–Crippen LogP) is 4.86. The molecule has 0 saturated heterocycles. The SMILES string of the molecule is Cc1cc(C)cc(-n2c(SCC(=O)c3ccccc3)nc3c(c2=O)S[C@H](C)C3)c1. The number of fused-ring (bicyclic) bond motifs is 1. The lowest BCUT2D eigenvalue weighted by Gasteiger charge is -2.15. The van der Waals surface area contributed by atoms with Crippen LogP contribution in [0, 0.1) is 13.8 Å². The highest BCUT2D eigenvalue weighted by atomic mass is 32.2. The molecule has 1 atom stereocenters. The zero-order valence-electron chi connectivity index (χ0n) is 16.6. The molecule has 3 aromatic rings. The first-order valence-corrected chi connectivity index (χ1v) is 11.4. The number of rotatable bonds is 5. The summed E-state index contributed by atoms with van der Waals surface area (Å²) in [6.45, 7) is 6.15. The Morgan fingerprint density at radius 1 is 1.17 bits per heavy atom. The van der Waals surface area contributed by atoms with Crippen molar-refractivity contribution in [3.05, 3.63) is 81.3 Å². The lowest BCUT2D eigenvalue weighted by molar-refractivity contribution is 0.102. The van der Waals surface area contributed by atoms with Crippen molar-refractivity contribution in [1.82, 2.24) is 9.55 Å². The standard InChI is InChI=1S/C23H22N2O2S2/c1-14-9-15(2)11-18(10-14)25-22(27)21-19(12-16(3)29-21)24-23(25)28-13-20(26)17-7-5-4-6-8-17/h4-11,16H,12-13H2,1-3H3/t16-/m1/s1. The van der Waals surface area contributed by atoms with Crippen LogP contribution < -0.4 is 5.56 Å². The van der Waals surface area contributed by atoms with Gasteiger partial charge in [-0.25, -0.2) is 4.98 Å². The van der Waals surface area contributed by atoms with Crippen LogP contribution in [0.2, 0.25) is 0 Å². The zero-order valence-corrected chi connectivity index (χ0v) is 18.3. The number of hydrogen-bond acceptors (Lipinski definition) is 5. The molecule has 148 valence electrons. The predicted molar refractivity (Wildman–Crippen MR) is 120 cm³/mol. The number of benzene rings is 2. The van der Waals surface area contributed by atoms with Crippen molar-refractivity contribution in [2.24, 2.45) is 0 Å². The fraction of sp³-hybridized carbons (Fsp3) is 0.261. The average Bonchev–Trinajstić information content (AvgIpc) is 3.06. The molecule has 0 spiro atoms. The van der Waals surface area contributed by atoms with E-state index >= 15 is 0 Å². The van der Waals surface area contributed by atoms with Gasteiger partial charge in [-0.2, -0.15) is 0 Å². The van der Waals surface area contributed by atoms with E-state index in [9.17, 15) is 9.59 Å². The van der Waals surface area contributed by atoms with E-state index in [0.717, 1.165) is 33.8 Å². The van der Waals surface area contributed by atoms with Crippen LogP contribution in [0.3, 0.4) is 0 Å².